The maximum atomic E-state index is 11.5. The van der Waals surface area contributed by atoms with Crippen LogP contribution in [-0.4, -0.2) is 23.7 Å². The van der Waals surface area contributed by atoms with Gasteiger partial charge >= 0.3 is 11.9 Å². The quantitative estimate of drug-likeness (QED) is 0.119. The molecule has 4 heteroatoms. The highest BCUT2D eigenvalue weighted by Crippen LogP contribution is 2.18. The second-order valence-corrected chi connectivity index (χ2v) is 11.0. The molecule has 0 aromatic heterocycles. The summed E-state index contributed by atoms with van der Waals surface area (Å²) in [6.07, 6.45) is 23.9. The van der Waals surface area contributed by atoms with E-state index in [1.54, 1.807) is 12.1 Å². The summed E-state index contributed by atoms with van der Waals surface area (Å²) in [6, 6.07) is 7.09. The van der Waals surface area contributed by atoms with Crippen LogP contribution in [0.2, 0.25) is 0 Å². The highest BCUT2D eigenvalue weighted by atomic mass is 16.5. The molecule has 0 fully saturated rings. The molecular formula is C34H60O4. The zero-order valence-electron chi connectivity index (χ0n) is 25.6. The minimum Gasteiger partial charge on any atom is -0.478 e. The zero-order valence-corrected chi connectivity index (χ0v) is 25.6. The van der Waals surface area contributed by atoms with E-state index >= 15 is 0 Å². The normalized spacial score (nSPS) is 12.3. The number of carbonyl (C=O) groups excluding carboxylic acids is 1. The van der Waals surface area contributed by atoms with Crippen LogP contribution < -0.4 is 0 Å². The van der Waals surface area contributed by atoms with E-state index in [4.69, 9.17) is 9.84 Å². The highest BCUT2D eigenvalue weighted by molar-refractivity contribution is 5.87. The summed E-state index contributed by atoms with van der Waals surface area (Å²) in [4.78, 5) is 22.1. The van der Waals surface area contributed by atoms with Gasteiger partial charge in [-0.25, -0.2) is 4.79 Å². The molecule has 0 heterocycles. The molecule has 0 bridgehead atoms. The van der Waals surface area contributed by atoms with Crippen LogP contribution in [-0.2, 0) is 9.53 Å². The largest absolute Gasteiger partial charge is 0.478 e. The summed E-state index contributed by atoms with van der Waals surface area (Å²) in [5.41, 5.74) is 1.56. The maximum absolute atomic E-state index is 11.5. The fraction of sp³-hybridized carbons (Fsp3) is 0.765. The molecule has 0 aliphatic heterocycles. The van der Waals surface area contributed by atoms with Crippen LogP contribution in [0.4, 0.5) is 0 Å². The zero-order chi connectivity index (χ0) is 28.4. The van der Waals surface area contributed by atoms with Crippen LogP contribution in [0.5, 0.6) is 0 Å². The lowest BCUT2D eigenvalue weighted by Gasteiger charge is -2.08. The lowest BCUT2D eigenvalue weighted by atomic mass is 9.98. The van der Waals surface area contributed by atoms with E-state index in [0.717, 1.165) is 19.3 Å². The van der Waals surface area contributed by atoms with Crippen molar-refractivity contribution >= 4 is 11.9 Å². The van der Waals surface area contributed by atoms with Crippen molar-refractivity contribution in [3.8, 4) is 0 Å². The van der Waals surface area contributed by atoms with Crippen LogP contribution in [0.25, 0.3) is 0 Å². The van der Waals surface area contributed by atoms with Crippen LogP contribution in [0.3, 0.4) is 0 Å². The fourth-order valence-electron chi connectivity index (χ4n) is 4.32. The Morgan fingerprint density at radius 3 is 1.45 bits per heavy atom. The Morgan fingerprint density at radius 2 is 1.08 bits per heavy atom. The number of unbranched alkanes of at least 4 members (excludes halogenated alkanes) is 15. The smallest absolute Gasteiger partial charge is 0.335 e. The van der Waals surface area contributed by atoms with E-state index in [9.17, 15) is 9.59 Å². The summed E-state index contributed by atoms with van der Waals surface area (Å²) in [5, 5.41) is 8.67. The van der Waals surface area contributed by atoms with Crippen molar-refractivity contribution in [1.29, 1.82) is 0 Å². The van der Waals surface area contributed by atoms with Gasteiger partial charge in [0.25, 0.3) is 0 Å². The van der Waals surface area contributed by atoms with E-state index in [1.165, 1.54) is 102 Å². The Morgan fingerprint density at radius 1 is 0.658 bits per heavy atom. The monoisotopic (exact) mass is 532 g/mol. The summed E-state index contributed by atoms with van der Waals surface area (Å²) < 4.78 is 5.27. The average Bonchev–Trinajstić information content (AvgIpc) is 2.94. The third-order valence-electron chi connectivity index (χ3n) is 7.60. The van der Waals surface area contributed by atoms with Crippen LogP contribution in [0.1, 0.15) is 172 Å². The number of aromatic carboxylic acids is 1. The molecule has 2 atom stereocenters. The molecule has 0 spiro atoms. The number of esters is 1. The van der Waals surface area contributed by atoms with Crippen molar-refractivity contribution in [3.63, 3.8) is 0 Å². The Hall–Kier alpha value is -1.84. The van der Waals surface area contributed by atoms with Crippen molar-refractivity contribution in [3.05, 3.63) is 35.4 Å². The van der Waals surface area contributed by atoms with Gasteiger partial charge in [-0.05, 0) is 42.9 Å². The Bertz CT molecular complexity index is 682. The average molecular weight is 533 g/mol. The van der Waals surface area contributed by atoms with Gasteiger partial charge in [-0.1, -0.05) is 143 Å². The first kappa shape index (κ1) is 36.2. The van der Waals surface area contributed by atoms with Gasteiger partial charge in [-0.15, -0.1) is 0 Å². The van der Waals surface area contributed by atoms with Crippen molar-refractivity contribution in [1.82, 2.24) is 0 Å². The molecule has 0 saturated heterocycles. The number of carboxylic acid groups (broad SMARTS) is 1. The molecule has 0 aliphatic carbocycles. The molecule has 0 saturated carbocycles. The first-order valence-corrected chi connectivity index (χ1v) is 15.9. The van der Waals surface area contributed by atoms with E-state index < -0.39 is 5.97 Å². The predicted octanol–water partition coefficient (Wildman–Crippen LogP) is 10.7. The van der Waals surface area contributed by atoms with Gasteiger partial charge in [0.1, 0.15) is 0 Å². The van der Waals surface area contributed by atoms with E-state index in [0.29, 0.717) is 18.1 Å². The van der Waals surface area contributed by atoms with Gasteiger partial charge in [-0.3, -0.25) is 4.79 Å². The molecule has 4 nitrogen and oxygen atoms in total. The van der Waals surface area contributed by atoms with Crippen molar-refractivity contribution in [2.24, 2.45) is 5.92 Å². The Balaban J connectivity index is 0.000000875. The molecule has 1 aromatic rings. The van der Waals surface area contributed by atoms with Gasteiger partial charge in [0.05, 0.1) is 18.1 Å². The molecule has 0 radical (unpaired) electrons. The number of rotatable bonds is 22. The molecular weight excluding hydrogens is 472 g/mol. The first-order valence-electron chi connectivity index (χ1n) is 15.9. The number of benzene rings is 1. The molecule has 0 amide bonds. The van der Waals surface area contributed by atoms with Gasteiger partial charge in [0.2, 0.25) is 0 Å². The fourth-order valence-corrected chi connectivity index (χ4v) is 4.32. The van der Waals surface area contributed by atoms with Gasteiger partial charge < -0.3 is 9.84 Å². The Labute approximate surface area is 235 Å². The number of carbonyl (C=O) groups is 2. The predicted molar refractivity (Wildman–Crippen MR) is 162 cm³/mol. The Kier molecular flexibility index (Phi) is 24.2. The molecule has 0 aliphatic rings. The minimum absolute atomic E-state index is 0.0246. The van der Waals surface area contributed by atoms with Crippen LogP contribution >= 0.6 is 0 Å². The molecule has 38 heavy (non-hydrogen) atoms. The first-order chi connectivity index (χ1) is 18.4. The highest BCUT2D eigenvalue weighted by Gasteiger charge is 2.11. The molecule has 1 aromatic carbocycles. The lowest BCUT2D eigenvalue weighted by Crippen LogP contribution is -2.14. The standard InChI is InChI=1S/C23H46O2.C11H14O2/c1-4-6-7-8-9-10-11-12-13-14-15-16-17-18-19-20-21-25-23(24)22(3)5-2;1-3-8(2)9-4-6-10(7-5-9)11(12)13/h22H,4-21H2,1-3H3;4-8H,3H2,1-2H3,(H,12,13). The van der Waals surface area contributed by atoms with Crippen molar-refractivity contribution in [2.45, 2.75) is 156 Å². The van der Waals surface area contributed by atoms with Gasteiger partial charge in [0, 0.05) is 0 Å². The number of ether oxygens (including phenoxy) is 1. The maximum Gasteiger partial charge on any atom is 0.335 e. The second kappa shape index (κ2) is 25.4. The van der Waals surface area contributed by atoms with E-state index in [-0.39, 0.29) is 11.9 Å². The van der Waals surface area contributed by atoms with Crippen molar-refractivity contribution in [2.75, 3.05) is 6.61 Å². The summed E-state index contributed by atoms with van der Waals surface area (Å²) in [5.74, 6) is -0.330. The molecule has 2 unspecified atom stereocenters. The van der Waals surface area contributed by atoms with Gasteiger partial charge in [-0.2, -0.15) is 0 Å². The van der Waals surface area contributed by atoms with E-state index in [1.807, 2.05) is 26.0 Å². The second-order valence-electron chi connectivity index (χ2n) is 11.0. The van der Waals surface area contributed by atoms with Crippen LogP contribution in [0, 0.1) is 5.92 Å². The van der Waals surface area contributed by atoms with Gasteiger partial charge in [0.15, 0.2) is 0 Å². The number of carboxylic acids is 1. The topological polar surface area (TPSA) is 63.6 Å². The molecule has 1 N–H and O–H groups in total. The van der Waals surface area contributed by atoms with Crippen molar-refractivity contribution < 1.29 is 19.4 Å². The summed E-state index contributed by atoms with van der Waals surface area (Å²) >= 11 is 0. The SMILES string of the molecule is CCC(C)c1ccc(C(=O)O)cc1.CCCCCCCCCCCCCCCCCCOC(=O)C(C)CC. The van der Waals surface area contributed by atoms with E-state index in [2.05, 4.69) is 20.8 Å². The number of hydrogen-bond acceptors (Lipinski definition) is 3. The van der Waals surface area contributed by atoms with Crippen LogP contribution in [0.15, 0.2) is 24.3 Å². The molecule has 1 rings (SSSR count). The summed E-state index contributed by atoms with van der Waals surface area (Å²) in [6.45, 7) is 11.1. The third-order valence-corrected chi connectivity index (χ3v) is 7.60. The molecule has 220 valence electrons. The third kappa shape index (κ3) is 20.2. The lowest BCUT2D eigenvalue weighted by molar-refractivity contribution is -0.148. The minimum atomic E-state index is -0.865. The summed E-state index contributed by atoms with van der Waals surface area (Å²) in [7, 11) is 0. The number of hydrogen-bond donors (Lipinski definition) is 1.